The molecule has 0 bridgehead atoms. The van der Waals surface area contributed by atoms with Gasteiger partial charge in [-0.1, -0.05) is 13.0 Å². The molecule has 1 atom stereocenters. The number of carbonyl (C=O) groups is 2. The number of amides is 1. The van der Waals surface area contributed by atoms with Crippen molar-refractivity contribution in [1.82, 2.24) is 14.3 Å². The minimum absolute atomic E-state index is 0.244. The van der Waals surface area contributed by atoms with Crippen LogP contribution in [-0.2, 0) is 4.79 Å². The van der Waals surface area contributed by atoms with Gasteiger partial charge in [-0.2, -0.15) is 0 Å². The molecule has 0 spiro atoms. The van der Waals surface area contributed by atoms with E-state index in [1.165, 1.54) is 11.9 Å². The van der Waals surface area contributed by atoms with Gasteiger partial charge in [-0.15, -0.1) is 0 Å². The number of carboxylic acids is 1. The van der Waals surface area contributed by atoms with E-state index in [2.05, 4.69) is 4.98 Å². The zero-order valence-electron chi connectivity index (χ0n) is 10.8. The van der Waals surface area contributed by atoms with Gasteiger partial charge in [0, 0.05) is 19.4 Å². The lowest BCUT2D eigenvalue weighted by Gasteiger charge is -2.22. The van der Waals surface area contributed by atoms with Gasteiger partial charge in [-0.05, 0) is 18.6 Å². The summed E-state index contributed by atoms with van der Waals surface area (Å²) in [6.45, 7) is 1.73. The van der Waals surface area contributed by atoms with E-state index in [0.717, 1.165) is 0 Å². The van der Waals surface area contributed by atoms with Gasteiger partial charge >= 0.3 is 5.97 Å². The van der Waals surface area contributed by atoms with E-state index < -0.39 is 17.9 Å². The average Bonchev–Trinajstić information content (AvgIpc) is 2.81. The highest BCUT2D eigenvalue weighted by molar-refractivity contribution is 5.95. The fourth-order valence-electron chi connectivity index (χ4n) is 1.97. The topological polar surface area (TPSA) is 74.9 Å². The molecule has 6 heteroatoms. The van der Waals surface area contributed by atoms with Crippen LogP contribution in [0.2, 0.25) is 0 Å². The van der Waals surface area contributed by atoms with Gasteiger partial charge in [0.15, 0.2) is 0 Å². The second kappa shape index (κ2) is 5.09. The van der Waals surface area contributed by atoms with Crippen molar-refractivity contribution < 1.29 is 14.7 Å². The maximum absolute atomic E-state index is 12.2. The molecule has 0 fully saturated rings. The molecule has 0 aliphatic heterocycles. The molecule has 6 nitrogen and oxygen atoms in total. The van der Waals surface area contributed by atoms with Crippen molar-refractivity contribution in [3.63, 3.8) is 0 Å². The summed E-state index contributed by atoms with van der Waals surface area (Å²) in [5.74, 6) is -1.40. The van der Waals surface area contributed by atoms with Crippen LogP contribution in [0.1, 0.15) is 23.8 Å². The number of aromatic nitrogens is 2. The number of rotatable bonds is 4. The molecule has 2 heterocycles. The molecule has 1 unspecified atom stereocenters. The Morgan fingerprint density at radius 2 is 2.21 bits per heavy atom. The zero-order valence-corrected chi connectivity index (χ0v) is 10.8. The van der Waals surface area contributed by atoms with Crippen LogP contribution in [0.5, 0.6) is 0 Å². The number of hydrogen-bond acceptors (Lipinski definition) is 3. The van der Waals surface area contributed by atoms with Gasteiger partial charge in [0.1, 0.15) is 17.4 Å². The number of fused-ring (bicyclic) bond motifs is 1. The molecule has 1 amide bonds. The minimum Gasteiger partial charge on any atom is -0.480 e. The Kier molecular flexibility index (Phi) is 3.50. The highest BCUT2D eigenvalue weighted by Gasteiger charge is 2.26. The van der Waals surface area contributed by atoms with Gasteiger partial charge < -0.3 is 14.4 Å². The second-order valence-corrected chi connectivity index (χ2v) is 4.27. The third-order valence-electron chi connectivity index (χ3n) is 3.04. The zero-order chi connectivity index (χ0) is 14.0. The first-order valence-electron chi connectivity index (χ1n) is 5.98. The normalized spacial score (nSPS) is 12.3. The van der Waals surface area contributed by atoms with Crippen LogP contribution in [0.25, 0.3) is 5.65 Å². The van der Waals surface area contributed by atoms with E-state index in [0.29, 0.717) is 12.1 Å². The number of nitrogens with zero attached hydrogens (tertiary/aromatic N) is 3. The SMILES string of the molecule is CCC(C(=O)O)N(C)C(=O)c1cn2ccccc2n1. The van der Waals surface area contributed by atoms with E-state index in [-0.39, 0.29) is 5.69 Å². The molecule has 0 aliphatic carbocycles. The smallest absolute Gasteiger partial charge is 0.326 e. The third kappa shape index (κ3) is 2.42. The molecule has 0 aliphatic rings. The highest BCUT2D eigenvalue weighted by Crippen LogP contribution is 2.10. The predicted molar refractivity (Wildman–Crippen MR) is 69.0 cm³/mol. The molecule has 19 heavy (non-hydrogen) atoms. The average molecular weight is 261 g/mol. The lowest BCUT2D eigenvalue weighted by molar-refractivity contribution is -0.142. The summed E-state index contributed by atoms with van der Waals surface area (Å²) in [5.41, 5.74) is 0.899. The van der Waals surface area contributed by atoms with E-state index in [1.54, 1.807) is 29.8 Å². The summed E-state index contributed by atoms with van der Waals surface area (Å²) in [5, 5.41) is 9.06. The molecule has 100 valence electrons. The summed E-state index contributed by atoms with van der Waals surface area (Å²) < 4.78 is 1.72. The Labute approximate surface area is 110 Å². The standard InChI is InChI=1S/C13H15N3O3/c1-3-10(13(18)19)15(2)12(17)9-8-16-7-5-4-6-11(16)14-9/h4-8,10H,3H2,1-2H3,(H,18,19). The molecule has 2 rings (SSSR count). The van der Waals surface area contributed by atoms with Crippen molar-refractivity contribution in [2.24, 2.45) is 0 Å². The lowest BCUT2D eigenvalue weighted by atomic mass is 10.2. The maximum Gasteiger partial charge on any atom is 0.326 e. The Hall–Kier alpha value is -2.37. The summed E-state index contributed by atoms with van der Waals surface area (Å²) in [6.07, 6.45) is 3.74. The molecule has 0 saturated carbocycles. The van der Waals surface area contributed by atoms with Crippen LogP contribution in [0.15, 0.2) is 30.6 Å². The quantitative estimate of drug-likeness (QED) is 0.899. The van der Waals surface area contributed by atoms with Crippen molar-refractivity contribution in [2.75, 3.05) is 7.05 Å². The number of carboxylic acid groups (broad SMARTS) is 1. The van der Waals surface area contributed by atoms with Crippen molar-refractivity contribution in [2.45, 2.75) is 19.4 Å². The Morgan fingerprint density at radius 1 is 1.47 bits per heavy atom. The third-order valence-corrected chi connectivity index (χ3v) is 3.04. The number of aliphatic carboxylic acids is 1. The van der Waals surface area contributed by atoms with Crippen molar-refractivity contribution in [3.8, 4) is 0 Å². The van der Waals surface area contributed by atoms with Crippen molar-refractivity contribution >= 4 is 17.5 Å². The van der Waals surface area contributed by atoms with Gasteiger partial charge in [0.05, 0.1) is 0 Å². The summed E-state index contributed by atoms with van der Waals surface area (Å²) in [7, 11) is 1.48. The molecule has 2 aromatic heterocycles. The minimum atomic E-state index is -1.01. The van der Waals surface area contributed by atoms with Crippen LogP contribution in [-0.4, -0.2) is 44.4 Å². The summed E-state index contributed by atoms with van der Waals surface area (Å²) >= 11 is 0. The predicted octanol–water partition coefficient (Wildman–Crippen LogP) is 1.27. The molecule has 2 aromatic rings. The number of pyridine rings is 1. The molecule has 0 radical (unpaired) electrons. The number of hydrogen-bond donors (Lipinski definition) is 1. The number of likely N-dealkylation sites (N-methyl/N-ethyl adjacent to an activating group) is 1. The van der Waals surface area contributed by atoms with Crippen LogP contribution < -0.4 is 0 Å². The summed E-state index contributed by atoms with van der Waals surface area (Å²) in [6, 6.07) is 4.61. The number of carbonyl (C=O) groups excluding carboxylic acids is 1. The van der Waals surface area contributed by atoms with Crippen LogP contribution >= 0.6 is 0 Å². The highest BCUT2D eigenvalue weighted by atomic mass is 16.4. The second-order valence-electron chi connectivity index (χ2n) is 4.27. The molecular formula is C13H15N3O3. The van der Waals surface area contributed by atoms with Crippen LogP contribution in [0, 0.1) is 0 Å². The summed E-state index contributed by atoms with van der Waals surface area (Å²) in [4.78, 5) is 28.7. The van der Waals surface area contributed by atoms with Gasteiger partial charge in [-0.25, -0.2) is 9.78 Å². The molecule has 1 N–H and O–H groups in total. The lowest BCUT2D eigenvalue weighted by Crippen LogP contribution is -2.42. The van der Waals surface area contributed by atoms with Crippen LogP contribution in [0.4, 0.5) is 0 Å². The van der Waals surface area contributed by atoms with E-state index in [9.17, 15) is 9.59 Å². The first-order valence-corrected chi connectivity index (χ1v) is 5.98. The first-order chi connectivity index (χ1) is 9.04. The molecular weight excluding hydrogens is 246 g/mol. The van der Waals surface area contributed by atoms with E-state index in [4.69, 9.17) is 5.11 Å². The number of imidazole rings is 1. The fourth-order valence-corrected chi connectivity index (χ4v) is 1.97. The van der Waals surface area contributed by atoms with E-state index >= 15 is 0 Å². The Bertz CT molecular complexity index is 587. The Balaban J connectivity index is 2.30. The van der Waals surface area contributed by atoms with Crippen LogP contribution in [0.3, 0.4) is 0 Å². The molecule has 0 aromatic carbocycles. The Morgan fingerprint density at radius 3 is 2.79 bits per heavy atom. The first kappa shape index (κ1) is 13.1. The van der Waals surface area contributed by atoms with Gasteiger partial charge in [0.25, 0.3) is 5.91 Å². The fraction of sp³-hybridized carbons (Fsp3) is 0.308. The van der Waals surface area contributed by atoms with E-state index in [1.807, 2.05) is 12.1 Å². The molecule has 0 saturated heterocycles. The van der Waals surface area contributed by atoms with Gasteiger partial charge in [-0.3, -0.25) is 4.79 Å². The van der Waals surface area contributed by atoms with Crippen molar-refractivity contribution in [3.05, 3.63) is 36.3 Å². The monoisotopic (exact) mass is 261 g/mol. The largest absolute Gasteiger partial charge is 0.480 e. The van der Waals surface area contributed by atoms with Crippen molar-refractivity contribution in [1.29, 1.82) is 0 Å². The maximum atomic E-state index is 12.2. The van der Waals surface area contributed by atoms with Gasteiger partial charge in [0.2, 0.25) is 0 Å².